The maximum Gasteiger partial charge on any atom is 0.264 e. The topological polar surface area (TPSA) is 101 Å². The first-order valence-corrected chi connectivity index (χ1v) is 13.8. The first-order valence-electron chi connectivity index (χ1n) is 12.3. The third-order valence-corrected chi connectivity index (χ3v) is 8.34. The fourth-order valence-corrected chi connectivity index (χ4v) is 5.94. The maximum atomic E-state index is 13.0. The average molecular weight is 527 g/mol. The van der Waals surface area contributed by atoms with E-state index >= 15 is 0 Å². The molecule has 1 aromatic heterocycles. The molecule has 0 saturated carbocycles. The van der Waals surface area contributed by atoms with E-state index in [2.05, 4.69) is 9.82 Å². The Balaban J connectivity index is 1.42. The van der Waals surface area contributed by atoms with E-state index in [9.17, 15) is 22.4 Å². The number of nitrogens with one attached hydrogen (secondary N) is 1. The number of carbonyl (C=O) groups excluding carboxylic acids is 2. The molecule has 1 aliphatic heterocycles. The predicted molar refractivity (Wildman–Crippen MR) is 138 cm³/mol. The highest BCUT2D eigenvalue weighted by molar-refractivity contribution is 7.90. The summed E-state index contributed by atoms with van der Waals surface area (Å²) in [4.78, 5) is 27.4. The summed E-state index contributed by atoms with van der Waals surface area (Å²) in [5.41, 5.74) is 2.69. The molecule has 1 N–H and O–H groups in total. The molecule has 37 heavy (non-hydrogen) atoms. The van der Waals surface area contributed by atoms with Crippen molar-refractivity contribution in [3.63, 3.8) is 0 Å². The number of benzene rings is 2. The monoisotopic (exact) mass is 526 g/mol. The van der Waals surface area contributed by atoms with Crippen LogP contribution in [0.25, 0.3) is 11.3 Å². The van der Waals surface area contributed by atoms with E-state index < -0.39 is 15.9 Å². The summed E-state index contributed by atoms with van der Waals surface area (Å²) in [6, 6.07) is 12.8. The minimum atomic E-state index is -4.15. The molecule has 0 unspecified atom stereocenters. The molecule has 0 radical (unpaired) electrons. The van der Waals surface area contributed by atoms with Crippen LogP contribution in [0.4, 0.5) is 4.39 Å². The Morgan fingerprint density at radius 3 is 2.32 bits per heavy atom. The number of rotatable bonds is 8. The summed E-state index contributed by atoms with van der Waals surface area (Å²) in [7, 11) is -2.34. The van der Waals surface area contributed by atoms with Gasteiger partial charge < -0.3 is 4.90 Å². The smallest absolute Gasteiger partial charge is 0.264 e. The Morgan fingerprint density at radius 2 is 1.73 bits per heavy atom. The van der Waals surface area contributed by atoms with Crippen LogP contribution < -0.4 is 4.72 Å². The SMILES string of the molecule is Cc1cc(C(=O)N2CCC(CCCF)CC2)ccc1S(=O)(=O)NC(=O)c1ccc(-c2ccnn2C)cc1. The lowest BCUT2D eigenvalue weighted by molar-refractivity contribution is 0.0684. The molecular weight excluding hydrogens is 495 g/mol. The van der Waals surface area contributed by atoms with E-state index in [1.165, 1.54) is 12.1 Å². The zero-order valence-corrected chi connectivity index (χ0v) is 21.8. The maximum absolute atomic E-state index is 13.0. The van der Waals surface area contributed by atoms with Crippen molar-refractivity contribution in [2.75, 3.05) is 19.8 Å². The van der Waals surface area contributed by atoms with Gasteiger partial charge in [-0.15, -0.1) is 0 Å². The number of aryl methyl sites for hydroxylation is 2. The molecule has 1 fully saturated rings. The van der Waals surface area contributed by atoms with E-state index in [4.69, 9.17) is 0 Å². The van der Waals surface area contributed by atoms with E-state index in [0.717, 1.165) is 30.5 Å². The quantitative estimate of drug-likeness (QED) is 0.476. The van der Waals surface area contributed by atoms with Crippen LogP contribution in [0.5, 0.6) is 0 Å². The van der Waals surface area contributed by atoms with Gasteiger partial charge in [-0.05, 0) is 86.1 Å². The van der Waals surface area contributed by atoms with Crippen molar-refractivity contribution in [3.05, 3.63) is 71.4 Å². The van der Waals surface area contributed by atoms with Crippen LogP contribution in [0.2, 0.25) is 0 Å². The molecule has 10 heteroatoms. The van der Waals surface area contributed by atoms with Gasteiger partial charge in [0, 0.05) is 37.5 Å². The fraction of sp³-hybridized carbons (Fsp3) is 0.370. The van der Waals surface area contributed by atoms with Gasteiger partial charge in [0.1, 0.15) is 0 Å². The molecular formula is C27H31FN4O4S. The van der Waals surface area contributed by atoms with E-state index in [-0.39, 0.29) is 23.0 Å². The summed E-state index contributed by atoms with van der Waals surface area (Å²) < 4.78 is 42.2. The van der Waals surface area contributed by atoms with Crippen molar-refractivity contribution in [1.82, 2.24) is 19.4 Å². The van der Waals surface area contributed by atoms with Crippen LogP contribution in [0.1, 0.15) is 52.0 Å². The Labute approximate surface area is 216 Å². The van der Waals surface area contributed by atoms with Gasteiger partial charge in [-0.25, -0.2) is 13.1 Å². The van der Waals surface area contributed by atoms with Crippen molar-refractivity contribution in [2.24, 2.45) is 13.0 Å². The number of hydrogen-bond donors (Lipinski definition) is 1. The number of sulfonamides is 1. The predicted octanol–water partition coefficient (Wildman–Crippen LogP) is 4.12. The summed E-state index contributed by atoms with van der Waals surface area (Å²) in [6.45, 7) is 2.49. The number of piperidine rings is 1. The molecule has 8 nitrogen and oxygen atoms in total. The zero-order chi connectivity index (χ0) is 26.6. The normalized spacial score (nSPS) is 14.5. The minimum Gasteiger partial charge on any atom is -0.339 e. The van der Waals surface area contributed by atoms with Gasteiger partial charge in [0.25, 0.3) is 21.8 Å². The first-order chi connectivity index (χ1) is 17.7. The van der Waals surface area contributed by atoms with Gasteiger partial charge in [0.15, 0.2) is 0 Å². The molecule has 1 saturated heterocycles. The molecule has 0 atom stereocenters. The Morgan fingerprint density at radius 1 is 1.05 bits per heavy atom. The number of nitrogens with zero attached hydrogens (tertiary/aromatic N) is 3. The second-order valence-corrected chi connectivity index (χ2v) is 11.0. The summed E-state index contributed by atoms with van der Waals surface area (Å²) >= 11 is 0. The first kappa shape index (κ1) is 26.5. The molecule has 2 aromatic carbocycles. The lowest BCUT2D eigenvalue weighted by Crippen LogP contribution is -2.38. The fourth-order valence-electron chi connectivity index (χ4n) is 4.74. The van der Waals surface area contributed by atoms with Gasteiger partial charge in [-0.2, -0.15) is 5.10 Å². The third kappa shape index (κ3) is 6.07. The van der Waals surface area contributed by atoms with Gasteiger partial charge in [-0.3, -0.25) is 18.7 Å². The molecule has 3 aromatic rings. The number of likely N-dealkylation sites (tertiary alicyclic amines) is 1. The Kier molecular flexibility index (Phi) is 8.06. The molecule has 4 rings (SSSR count). The van der Waals surface area contributed by atoms with E-state index in [0.29, 0.717) is 36.6 Å². The third-order valence-electron chi connectivity index (χ3n) is 6.85. The highest BCUT2D eigenvalue weighted by atomic mass is 32.2. The highest BCUT2D eigenvalue weighted by Crippen LogP contribution is 2.25. The van der Waals surface area contributed by atoms with E-state index in [1.54, 1.807) is 53.0 Å². The van der Waals surface area contributed by atoms with Gasteiger partial charge in [0.05, 0.1) is 17.3 Å². The lowest BCUT2D eigenvalue weighted by Gasteiger charge is -2.32. The highest BCUT2D eigenvalue weighted by Gasteiger charge is 2.26. The second kappa shape index (κ2) is 11.2. The number of aromatic nitrogens is 2. The van der Waals surface area contributed by atoms with Crippen molar-refractivity contribution < 1.29 is 22.4 Å². The van der Waals surface area contributed by atoms with Crippen LogP contribution in [0.3, 0.4) is 0 Å². The lowest BCUT2D eigenvalue weighted by atomic mass is 9.92. The van der Waals surface area contributed by atoms with Gasteiger partial charge in [-0.1, -0.05) is 12.1 Å². The molecule has 2 amide bonds. The largest absolute Gasteiger partial charge is 0.339 e. The molecule has 1 aliphatic rings. The van der Waals surface area contributed by atoms with Crippen LogP contribution >= 0.6 is 0 Å². The van der Waals surface area contributed by atoms with Gasteiger partial charge >= 0.3 is 0 Å². The van der Waals surface area contributed by atoms with Crippen molar-refractivity contribution in [2.45, 2.75) is 37.5 Å². The summed E-state index contributed by atoms with van der Waals surface area (Å²) in [6.07, 6.45) is 4.74. The van der Waals surface area contributed by atoms with Crippen molar-refractivity contribution >= 4 is 21.8 Å². The van der Waals surface area contributed by atoms with Crippen LogP contribution in [-0.4, -0.2) is 54.7 Å². The van der Waals surface area contributed by atoms with Crippen LogP contribution in [0, 0.1) is 12.8 Å². The number of hydrogen-bond acceptors (Lipinski definition) is 5. The number of amides is 2. The Bertz CT molecular complexity index is 1380. The summed E-state index contributed by atoms with van der Waals surface area (Å²) in [5, 5.41) is 4.12. The standard InChI is InChI=1S/C27H31FN4O4S/c1-19-18-23(27(34)32-16-12-20(13-17-32)4-3-14-28)9-10-25(19)37(35,36)30-26(33)22-7-5-21(6-8-22)24-11-15-29-31(24)2/h5-11,15,18,20H,3-4,12-14,16-17H2,1-2H3,(H,30,33). The molecule has 2 heterocycles. The number of alkyl halides is 1. The minimum absolute atomic E-state index is 0.0613. The second-order valence-electron chi connectivity index (χ2n) is 9.40. The molecule has 0 aliphatic carbocycles. The molecule has 196 valence electrons. The van der Waals surface area contributed by atoms with Crippen LogP contribution in [0.15, 0.2) is 59.6 Å². The van der Waals surface area contributed by atoms with Crippen molar-refractivity contribution in [3.8, 4) is 11.3 Å². The average Bonchev–Trinajstić information content (AvgIpc) is 3.32. The zero-order valence-electron chi connectivity index (χ0n) is 21.0. The summed E-state index contributed by atoms with van der Waals surface area (Å²) in [5.74, 6) is -0.468. The number of halogens is 1. The van der Waals surface area contributed by atoms with E-state index in [1.807, 2.05) is 13.1 Å². The number of carbonyl (C=O) groups is 2. The molecule has 0 spiro atoms. The van der Waals surface area contributed by atoms with Crippen LogP contribution in [-0.2, 0) is 17.1 Å². The van der Waals surface area contributed by atoms with Gasteiger partial charge in [0.2, 0.25) is 0 Å². The van der Waals surface area contributed by atoms with Crippen molar-refractivity contribution in [1.29, 1.82) is 0 Å². The molecule has 0 bridgehead atoms. The Hall–Kier alpha value is -3.53.